The van der Waals surface area contributed by atoms with E-state index in [1.165, 1.54) is 12.1 Å². The number of halogens is 3. The summed E-state index contributed by atoms with van der Waals surface area (Å²) in [7, 11) is -3.73. The second-order valence-electron chi connectivity index (χ2n) is 7.48. The Morgan fingerprint density at radius 1 is 0.750 bits per heavy atom. The Kier molecular flexibility index (Phi) is 5.70. The van der Waals surface area contributed by atoms with Crippen molar-refractivity contribution in [1.82, 2.24) is 0 Å². The molecule has 0 saturated carbocycles. The van der Waals surface area contributed by atoms with Crippen molar-refractivity contribution in [3.8, 4) is 16.9 Å². The first-order valence-electron chi connectivity index (χ1n) is 9.95. The summed E-state index contributed by atoms with van der Waals surface area (Å²) in [5.74, 6) is -0.0846. The van der Waals surface area contributed by atoms with E-state index < -0.39 is 18.9 Å². The summed E-state index contributed by atoms with van der Waals surface area (Å²) in [5.41, 5.74) is 0.447. The van der Waals surface area contributed by atoms with E-state index in [1.807, 2.05) is 0 Å². The number of aryl methyl sites for hydroxylation is 1. The lowest BCUT2D eigenvalue weighted by Crippen LogP contribution is -2.27. The van der Waals surface area contributed by atoms with Crippen LogP contribution in [-0.2, 0) is 10.7 Å². The van der Waals surface area contributed by atoms with Gasteiger partial charge in [0.25, 0.3) is 0 Å². The van der Waals surface area contributed by atoms with Gasteiger partial charge < -0.3 is 9.67 Å². The monoisotopic (exact) mass is 452 g/mol. The zero-order valence-corrected chi connectivity index (χ0v) is 18.1. The number of aromatic hydroxyl groups is 1. The summed E-state index contributed by atoms with van der Waals surface area (Å²) in [6.45, 7) is 1.76. The predicted octanol–water partition coefficient (Wildman–Crippen LogP) is 6.03. The van der Waals surface area contributed by atoms with Crippen LogP contribution in [0.3, 0.4) is 0 Å². The summed E-state index contributed by atoms with van der Waals surface area (Å²) in [5, 5.41) is 11.5. The van der Waals surface area contributed by atoms with E-state index in [4.69, 9.17) is 0 Å². The van der Waals surface area contributed by atoms with Crippen LogP contribution in [0, 0.1) is 6.92 Å². The number of alkyl halides is 3. The molecule has 0 heterocycles. The maximum absolute atomic E-state index is 14.9. The first-order valence-corrected chi connectivity index (χ1v) is 11.7. The van der Waals surface area contributed by atoms with Gasteiger partial charge in [0.1, 0.15) is 5.75 Å². The van der Waals surface area contributed by atoms with Gasteiger partial charge >= 0.3 is 6.18 Å². The molecular formula is C26H20F3O2P. The van der Waals surface area contributed by atoms with Crippen LogP contribution in [0.4, 0.5) is 13.2 Å². The van der Waals surface area contributed by atoms with Crippen molar-refractivity contribution in [3.05, 3.63) is 108 Å². The van der Waals surface area contributed by atoms with Crippen LogP contribution in [0.25, 0.3) is 11.1 Å². The van der Waals surface area contributed by atoms with Crippen LogP contribution in [0.5, 0.6) is 5.75 Å². The predicted molar refractivity (Wildman–Crippen MR) is 123 cm³/mol. The Morgan fingerprint density at radius 3 is 1.81 bits per heavy atom. The molecule has 32 heavy (non-hydrogen) atoms. The lowest BCUT2D eigenvalue weighted by molar-refractivity contribution is -0.137. The molecule has 0 aromatic heterocycles. The normalized spacial score (nSPS) is 12.0. The smallest absolute Gasteiger partial charge is 0.416 e. The Labute approximate surface area is 184 Å². The van der Waals surface area contributed by atoms with Gasteiger partial charge in [0, 0.05) is 21.5 Å². The van der Waals surface area contributed by atoms with Gasteiger partial charge in [-0.3, -0.25) is 0 Å². The van der Waals surface area contributed by atoms with Gasteiger partial charge in [-0.1, -0.05) is 78.9 Å². The average molecular weight is 452 g/mol. The summed E-state index contributed by atoms with van der Waals surface area (Å²) in [6, 6.07) is 25.1. The van der Waals surface area contributed by atoms with Gasteiger partial charge in [-0.25, -0.2) is 0 Å². The second kappa shape index (κ2) is 8.33. The maximum atomic E-state index is 14.9. The van der Waals surface area contributed by atoms with Gasteiger partial charge in [0.05, 0.1) is 5.56 Å². The van der Waals surface area contributed by atoms with Crippen LogP contribution >= 0.6 is 7.14 Å². The Bertz CT molecular complexity index is 1240. The van der Waals surface area contributed by atoms with Crippen molar-refractivity contribution in [1.29, 1.82) is 0 Å². The minimum Gasteiger partial charge on any atom is -0.507 e. The van der Waals surface area contributed by atoms with E-state index >= 15 is 0 Å². The van der Waals surface area contributed by atoms with Crippen LogP contribution in [0.15, 0.2) is 97.1 Å². The standard InChI is InChI=1S/C26H20F3O2P/c1-18-9-8-14-23(30)25(18)22-16-15-19(26(27,28)29)17-24(22)32(31,20-10-4-2-5-11-20)21-12-6-3-7-13-21/h2-17,30H,1H3. The molecule has 0 radical (unpaired) electrons. The van der Waals surface area contributed by atoms with E-state index in [0.29, 0.717) is 27.3 Å². The third kappa shape index (κ3) is 3.85. The SMILES string of the molecule is Cc1cccc(O)c1-c1ccc(C(F)(F)F)cc1P(=O)(c1ccccc1)c1ccccc1. The summed E-state index contributed by atoms with van der Waals surface area (Å²) in [4.78, 5) is 0. The molecule has 0 aliphatic carbocycles. The fourth-order valence-electron chi connectivity index (χ4n) is 3.89. The highest BCUT2D eigenvalue weighted by Crippen LogP contribution is 2.48. The molecule has 6 heteroatoms. The number of hydrogen-bond acceptors (Lipinski definition) is 2. The van der Waals surface area contributed by atoms with Crippen molar-refractivity contribution >= 4 is 23.1 Å². The van der Waals surface area contributed by atoms with Gasteiger partial charge in [0.2, 0.25) is 0 Å². The molecule has 0 spiro atoms. The molecular weight excluding hydrogens is 432 g/mol. The Balaban J connectivity index is 2.14. The summed E-state index contributed by atoms with van der Waals surface area (Å²) in [6.07, 6.45) is -4.61. The number of phenolic OH excluding ortho intramolecular Hbond substituents is 1. The first-order chi connectivity index (χ1) is 15.2. The molecule has 162 valence electrons. The highest BCUT2D eigenvalue weighted by atomic mass is 31.2. The van der Waals surface area contributed by atoms with Crippen molar-refractivity contribution in [2.45, 2.75) is 13.1 Å². The largest absolute Gasteiger partial charge is 0.507 e. The number of rotatable bonds is 4. The lowest BCUT2D eigenvalue weighted by atomic mass is 9.98. The second-order valence-corrected chi connectivity index (χ2v) is 10.2. The van der Waals surface area contributed by atoms with Crippen LogP contribution < -0.4 is 15.9 Å². The van der Waals surface area contributed by atoms with Crippen LogP contribution in [0.2, 0.25) is 0 Å². The van der Waals surface area contributed by atoms with Crippen molar-refractivity contribution in [2.24, 2.45) is 0 Å². The molecule has 2 nitrogen and oxygen atoms in total. The van der Waals surface area contributed by atoms with Crippen molar-refractivity contribution < 1.29 is 22.8 Å². The topological polar surface area (TPSA) is 37.3 Å². The number of hydrogen-bond donors (Lipinski definition) is 1. The summed E-state index contributed by atoms with van der Waals surface area (Å²) < 4.78 is 56.0. The fraction of sp³-hybridized carbons (Fsp3) is 0.0769. The van der Waals surface area contributed by atoms with E-state index in [1.54, 1.807) is 79.7 Å². The minimum atomic E-state index is -4.61. The van der Waals surface area contributed by atoms with Crippen molar-refractivity contribution in [2.75, 3.05) is 0 Å². The van der Waals surface area contributed by atoms with E-state index in [2.05, 4.69) is 0 Å². The van der Waals surface area contributed by atoms with Crippen LogP contribution in [0.1, 0.15) is 11.1 Å². The quantitative estimate of drug-likeness (QED) is 0.384. The van der Waals surface area contributed by atoms with Gasteiger partial charge in [-0.2, -0.15) is 13.2 Å². The lowest BCUT2D eigenvalue weighted by Gasteiger charge is -2.25. The molecule has 4 rings (SSSR count). The Hall–Kier alpha value is -3.30. The molecule has 0 saturated heterocycles. The highest BCUT2D eigenvalue weighted by Gasteiger charge is 2.37. The molecule has 0 aliphatic rings. The zero-order chi connectivity index (χ0) is 22.9. The molecule has 0 bridgehead atoms. The maximum Gasteiger partial charge on any atom is 0.416 e. The number of benzene rings is 4. The highest BCUT2D eigenvalue weighted by molar-refractivity contribution is 7.85. The Morgan fingerprint density at radius 2 is 1.31 bits per heavy atom. The van der Waals surface area contributed by atoms with Gasteiger partial charge in [-0.05, 0) is 36.2 Å². The van der Waals surface area contributed by atoms with Gasteiger partial charge in [-0.15, -0.1) is 0 Å². The molecule has 0 fully saturated rings. The van der Waals surface area contributed by atoms with Crippen molar-refractivity contribution in [3.63, 3.8) is 0 Å². The van der Waals surface area contributed by atoms with E-state index in [9.17, 15) is 22.8 Å². The third-order valence-corrected chi connectivity index (χ3v) is 8.52. The molecule has 0 unspecified atom stereocenters. The molecule has 0 amide bonds. The average Bonchev–Trinajstić information content (AvgIpc) is 2.79. The molecule has 4 aromatic rings. The van der Waals surface area contributed by atoms with E-state index in [0.717, 1.165) is 12.1 Å². The molecule has 0 atom stereocenters. The summed E-state index contributed by atoms with van der Waals surface area (Å²) >= 11 is 0. The van der Waals surface area contributed by atoms with Crippen LogP contribution in [-0.4, -0.2) is 5.11 Å². The third-order valence-electron chi connectivity index (χ3n) is 5.42. The molecule has 0 aliphatic heterocycles. The minimum absolute atomic E-state index is 0.0364. The first kappa shape index (κ1) is 21.9. The number of phenols is 1. The zero-order valence-electron chi connectivity index (χ0n) is 17.2. The fourth-order valence-corrected chi connectivity index (χ4v) is 6.77. The molecule has 1 N–H and O–H groups in total. The van der Waals surface area contributed by atoms with Gasteiger partial charge in [0.15, 0.2) is 7.14 Å². The molecule has 4 aromatic carbocycles. The van der Waals surface area contributed by atoms with E-state index in [-0.39, 0.29) is 11.1 Å².